The first kappa shape index (κ1) is 18.8. The summed E-state index contributed by atoms with van der Waals surface area (Å²) >= 11 is 1.34. The van der Waals surface area contributed by atoms with Gasteiger partial charge in [-0.3, -0.25) is 4.79 Å². The number of nitrogens with one attached hydrogen (secondary N) is 1. The van der Waals surface area contributed by atoms with Crippen LogP contribution in [0.4, 0.5) is 0 Å². The average molecular weight is 415 g/mol. The van der Waals surface area contributed by atoms with E-state index in [2.05, 4.69) is 63.9 Å². The summed E-state index contributed by atoms with van der Waals surface area (Å²) in [6, 6.07) is 9.19. The van der Waals surface area contributed by atoms with Gasteiger partial charge >= 0.3 is 0 Å². The number of hydrazone groups is 1. The molecule has 150 valence electrons. The molecule has 2 atom stereocenters. The van der Waals surface area contributed by atoms with E-state index in [1.165, 1.54) is 28.0 Å². The fraction of sp³-hybridized carbons (Fsp3) is 0.292. The van der Waals surface area contributed by atoms with E-state index in [0.717, 1.165) is 25.9 Å². The summed E-state index contributed by atoms with van der Waals surface area (Å²) in [5.74, 6) is 3.25. The highest BCUT2D eigenvalue weighted by Gasteiger charge is 2.29. The molecule has 1 amide bonds. The molecule has 0 bridgehead atoms. The van der Waals surface area contributed by atoms with Crippen molar-refractivity contribution in [1.29, 1.82) is 0 Å². The van der Waals surface area contributed by atoms with Crippen LogP contribution < -0.4 is 5.43 Å². The van der Waals surface area contributed by atoms with Gasteiger partial charge in [0.25, 0.3) is 5.91 Å². The van der Waals surface area contributed by atoms with Crippen LogP contribution in [-0.4, -0.2) is 41.1 Å². The number of benzene rings is 1. The van der Waals surface area contributed by atoms with Crippen molar-refractivity contribution in [2.24, 2.45) is 11.0 Å². The maximum atomic E-state index is 12.7. The lowest BCUT2D eigenvalue weighted by atomic mass is 9.83. The van der Waals surface area contributed by atoms with Crippen molar-refractivity contribution in [1.82, 2.24) is 15.3 Å². The van der Waals surface area contributed by atoms with Gasteiger partial charge in [0.15, 0.2) is 5.01 Å². The molecule has 1 aromatic heterocycles. The van der Waals surface area contributed by atoms with Gasteiger partial charge in [0.05, 0.1) is 6.04 Å². The topological polar surface area (TPSA) is 57.6 Å². The number of likely N-dealkylation sites (tertiary alicyclic amines) is 1. The van der Waals surface area contributed by atoms with Crippen LogP contribution in [0, 0.1) is 18.3 Å². The Morgan fingerprint density at radius 1 is 1.23 bits per heavy atom. The molecular formula is C24H22N4OS. The third-order valence-electron chi connectivity index (χ3n) is 6.14. The molecule has 1 aromatic carbocycles. The Hall–Kier alpha value is -3.17. The minimum Gasteiger partial charge on any atom is -0.337 e. The monoisotopic (exact) mass is 414 g/mol. The number of rotatable bonds is 3. The van der Waals surface area contributed by atoms with Gasteiger partial charge in [-0.1, -0.05) is 42.5 Å². The Labute approximate surface area is 180 Å². The number of aromatic nitrogens is 1. The van der Waals surface area contributed by atoms with Gasteiger partial charge < -0.3 is 10.3 Å². The second-order valence-corrected chi connectivity index (χ2v) is 8.69. The number of fused-ring (bicyclic) bond motifs is 1. The van der Waals surface area contributed by atoms with Crippen LogP contribution in [0.3, 0.4) is 0 Å². The second kappa shape index (κ2) is 7.92. The number of piperidine rings is 1. The van der Waals surface area contributed by atoms with E-state index < -0.39 is 0 Å². The van der Waals surface area contributed by atoms with Crippen molar-refractivity contribution >= 4 is 29.0 Å². The van der Waals surface area contributed by atoms with E-state index in [9.17, 15) is 4.79 Å². The van der Waals surface area contributed by atoms with Crippen molar-refractivity contribution in [3.05, 3.63) is 69.7 Å². The first-order valence-corrected chi connectivity index (χ1v) is 11.1. The number of terminal acetylenes is 1. The zero-order valence-corrected chi connectivity index (χ0v) is 17.3. The summed E-state index contributed by atoms with van der Waals surface area (Å²) in [5.41, 5.74) is 7.50. The highest BCUT2D eigenvalue weighted by atomic mass is 32.1. The van der Waals surface area contributed by atoms with Gasteiger partial charge in [0, 0.05) is 30.6 Å². The van der Waals surface area contributed by atoms with E-state index >= 15 is 0 Å². The van der Waals surface area contributed by atoms with Gasteiger partial charge in [-0.2, -0.15) is 5.10 Å². The Bertz CT molecular complexity index is 1080. The normalized spacial score (nSPS) is 22.9. The molecule has 5 nitrogen and oxygen atoms in total. The minimum absolute atomic E-state index is 0.0137. The zero-order chi connectivity index (χ0) is 20.5. The fourth-order valence-corrected chi connectivity index (χ4v) is 5.06. The van der Waals surface area contributed by atoms with Crippen LogP contribution >= 0.6 is 11.3 Å². The summed E-state index contributed by atoms with van der Waals surface area (Å²) in [6.45, 7) is 1.49. The number of nitrogens with zero attached hydrogens (tertiary/aromatic N) is 3. The maximum Gasteiger partial charge on any atom is 0.273 e. The first-order chi connectivity index (χ1) is 14.7. The standard InChI is InChI=1S/C24H22N4OS/c1-2-23-26-22(15-30-23)24(29)28-12-10-17(11-13-28)16-6-8-18(9-7-16)19-4-3-5-21-20(19)14-25-27-21/h1,3-9,14-15,17,20-21,27H,10-13H2. The average Bonchev–Trinajstić information content (AvgIpc) is 3.48. The number of carbonyl (C=O) groups is 1. The first-order valence-electron chi connectivity index (χ1n) is 10.2. The van der Waals surface area contributed by atoms with E-state index in [1.807, 2.05) is 11.1 Å². The van der Waals surface area contributed by atoms with Crippen molar-refractivity contribution in [3.8, 4) is 12.3 Å². The third kappa shape index (κ3) is 3.46. The molecule has 2 unspecified atom stereocenters. The molecule has 2 aliphatic heterocycles. The quantitative estimate of drug-likeness (QED) is 0.780. The Balaban J connectivity index is 1.23. The Morgan fingerprint density at radius 3 is 2.77 bits per heavy atom. The predicted molar refractivity (Wildman–Crippen MR) is 120 cm³/mol. The molecule has 2 aromatic rings. The maximum absolute atomic E-state index is 12.7. The Morgan fingerprint density at radius 2 is 2.03 bits per heavy atom. The van der Waals surface area contributed by atoms with Gasteiger partial charge in [-0.15, -0.1) is 17.8 Å². The molecule has 1 N–H and O–H groups in total. The summed E-state index contributed by atoms with van der Waals surface area (Å²) in [5, 5.41) is 6.55. The molecule has 3 aliphatic rings. The smallest absolute Gasteiger partial charge is 0.273 e. The Kier molecular flexibility index (Phi) is 4.97. The van der Waals surface area contributed by atoms with Crippen LogP contribution in [0.15, 0.2) is 53.0 Å². The van der Waals surface area contributed by atoms with Gasteiger partial charge in [-0.25, -0.2) is 4.98 Å². The lowest BCUT2D eigenvalue weighted by Crippen LogP contribution is -2.38. The van der Waals surface area contributed by atoms with Crippen LogP contribution in [-0.2, 0) is 0 Å². The van der Waals surface area contributed by atoms with Gasteiger partial charge in [0.1, 0.15) is 5.69 Å². The lowest BCUT2D eigenvalue weighted by molar-refractivity contribution is 0.0708. The van der Waals surface area contributed by atoms with Crippen LogP contribution in [0.1, 0.15) is 45.4 Å². The number of carbonyl (C=O) groups excluding carboxylic acids is 1. The molecule has 3 heterocycles. The summed E-state index contributed by atoms with van der Waals surface area (Å²) < 4.78 is 0. The SMILES string of the molecule is C#Cc1nc(C(=O)N2CCC(c3ccc(C4=CC=CC5NN=CC45)cc3)CC2)cs1. The van der Waals surface area contributed by atoms with E-state index in [1.54, 1.807) is 5.38 Å². The number of amides is 1. The molecule has 0 radical (unpaired) electrons. The largest absolute Gasteiger partial charge is 0.337 e. The molecule has 6 heteroatoms. The molecule has 0 saturated carbocycles. The van der Waals surface area contributed by atoms with Crippen LogP contribution in [0.2, 0.25) is 0 Å². The molecule has 1 saturated heterocycles. The van der Waals surface area contributed by atoms with E-state index in [-0.39, 0.29) is 11.9 Å². The predicted octanol–water partition coefficient (Wildman–Crippen LogP) is 3.67. The van der Waals surface area contributed by atoms with E-state index in [0.29, 0.717) is 22.5 Å². The fourth-order valence-electron chi connectivity index (χ4n) is 4.46. The van der Waals surface area contributed by atoms with Gasteiger partial charge in [-0.05, 0) is 41.4 Å². The van der Waals surface area contributed by atoms with Crippen LogP contribution in [0.5, 0.6) is 0 Å². The summed E-state index contributed by atoms with van der Waals surface area (Å²) in [7, 11) is 0. The number of hydrogen-bond acceptors (Lipinski definition) is 5. The van der Waals surface area contributed by atoms with Crippen molar-refractivity contribution in [3.63, 3.8) is 0 Å². The lowest BCUT2D eigenvalue weighted by Gasteiger charge is -2.32. The zero-order valence-electron chi connectivity index (χ0n) is 16.5. The summed E-state index contributed by atoms with van der Waals surface area (Å²) in [6.07, 6.45) is 15.7. The molecule has 30 heavy (non-hydrogen) atoms. The van der Waals surface area contributed by atoms with Crippen molar-refractivity contribution in [2.45, 2.75) is 24.8 Å². The molecule has 0 spiro atoms. The highest BCUT2D eigenvalue weighted by molar-refractivity contribution is 7.10. The second-order valence-electron chi connectivity index (χ2n) is 7.84. The van der Waals surface area contributed by atoms with Gasteiger partial charge in [0.2, 0.25) is 0 Å². The van der Waals surface area contributed by atoms with E-state index in [4.69, 9.17) is 6.42 Å². The highest BCUT2D eigenvalue weighted by Crippen LogP contribution is 2.33. The van der Waals surface area contributed by atoms with Crippen LogP contribution in [0.25, 0.3) is 5.57 Å². The molecule has 5 rings (SSSR count). The molecular weight excluding hydrogens is 392 g/mol. The van der Waals surface area contributed by atoms with Crippen molar-refractivity contribution < 1.29 is 4.79 Å². The minimum atomic E-state index is -0.0137. The summed E-state index contributed by atoms with van der Waals surface area (Å²) in [4.78, 5) is 18.8. The third-order valence-corrected chi connectivity index (χ3v) is 6.92. The number of allylic oxidation sites excluding steroid dienone is 2. The molecule has 1 aliphatic carbocycles. The molecule has 1 fully saturated rings. The number of hydrogen-bond donors (Lipinski definition) is 1. The number of thiazole rings is 1. The van der Waals surface area contributed by atoms with Crippen molar-refractivity contribution in [2.75, 3.05) is 13.1 Å².